The molecule has 0 saturated heterocycles. The third-order valence-electron chi connectivity index (χ3n) is 2.87. The number of benzene rings is 2. The van der Waals surface area contributed by atoms with Gasteiger partial charge in [-0.15, -0.1) is 0 Å². The quantitative estimate of drug-likeness (QED) is 0.908. The molecule has 0 unspecified atom stereocenters. The number of carbonyl (C=O) groups is 2. The van der Waals surface area contributed by atoms with E-state index in [1.54, 1.807) is 19.0 Å². The topological polar surface area (TPSA) is 57.6 Å². The smallest absolute Gasteiger partial charge is 0.475 e. The molecule has 0 aliphatic carbocycles. The number of alkyl halides is 3. The third-order valence-corrected chi connectivity index (χ3v) is 2.87. The molecule has 0 spiro atoms. The Morgan fingerprint density at radius 3 is 1.88 bits per heavy atom. The Labute approximate surface area is 137 Å². The van der Waals surface area contributed by atoms with E-state index in [0.29, 0.717) is 0 Å². The molecule has 2 aromatic rings. The zero-order chi connectivity index (χ0) is 18.3. The lowest BCUT2D eigenvalue weighted by Gasteiger charge is -2.11. The molecule has 0 heterocycles. The van der Waals surface area contributed by atoms with Crippen molar-refractivity contribution in [2.75, 3.05) is 14.1 Å². The molecule has 0 aromatic heterocycles. The number of carboxylic acid groups (broad SMARTS) is 1. The summed E-state index contributed by atoms with van der Waals surface area (Å²) < 4.78 is 31.7. The van der Waals surface area contributed by atoms with Crippen LogP contribution in [0.15, 0.2) is 54.6 Å². The summed E-state index contributed by atoms with van der Waals surface area (Å²) >= 11 is 0. The van der Waals surface area contributed by atoms with Crippen LogP contribution >= 0.6 is 0 Å². The summed E-state index contributed by atoms with van der Waals surface area (Å²) in [7, 11) is 3.52. The Bertz CT molecular complexity index is 698. The van der Waals surface area contributed by atoms with Gasteiger partial charge >= 0.3 is 12.1 Å². The summed E-state index contributed by atoms with van der Waals surface area (Å²) in [4.78, 5) is 22.3. The summed E-state index contributed by atoms with van der Waals surface area (Å²) in [6.45, 7) is 0. The first kappa shape index (κ1) is 19.2. The zero-order valence-electron chi connectivity index (χ0n) is 13.0. The fraction of sp³-hybridized carbons (Fsp3) is 0.176. The van der Waals surface area contributed by atoms with Gasteiger partial charge in [-0.3, -0.25) is 4.79 Å². The normalized spacial score (nSPS) is 10.4. The molecule has 128 valence electrons. The van der Waals surface area contributed by atoms with Gasteiger partial charge in [0, 0.05) is 19.7 Å². The molecule has 2 aromatic carbocycles. The van der Waals surface area contributed by atoms with Crippen LogP contribution in [0.5, 0.6) is 0 Å². The molecule has 4 nitrogen and oxygen atoms in total. The molecule has 2 rings (SSSR count). The van der Waals surface area contributed by atoms with Gasteiger partial charge in [0.1, 0.15) is 0 Å². The maximum absolute atomic E-state index is 11.9. The minimum absolute atomic E-state index is 0.0304. The SMILES string of the molecule is CN(C)C(=O)c1cccc(-c2ccccc2)c1.O=C(O)C(F)(F)F. The van der Waals surface area contributed by atoms with E-state index in [4.69, 9.17) is 9.90 Å². The fourth-order valence-corrected chi connectivity index (χ4v) is 1.72. The molecule has 0 atom stereocenters. The molecule has 24 heavy (non-hydrogen) atoms. The van der Waals surface area contributed by atoms with Crippen LogP contribution in [-0.2, 0) is 4.79 Å². The Kier molecular flexibility index (Phi) is 6.52. The van der Waals surface area contributed by atoms with Gasteiger partial charge < -0.3 is 10.0 Å². The number of carbonyl (C=O) groups excluding carboxylic acids is 1. The number of halogens is 3. The summed E-state index contributed by atoms with van der Waals surface area (Å²) in [5.74, 6) is -2.73. The molecule has 0 aliphatic rings. The minimum Gasteiger partial charge on any atom is -0.475 e. The molecular weight excluding hydrogens is 323 g/mol. The van der Waals surface area contributed by atoms with Gasteiger partial charge in [0.2, 0.25) is 0 Å². The summed E-state index contributed by atoms with van der Waals surface area (Å²) in [6, 6.07) is 17.8. The number of rotatable bonds is 2. The molecule has 7 heteroatoms. The van der Waals surface area contributed by atoms with Gasteiger partial charge in [-0.05, 0) is 23.3 Å². The van der Waals surface area contributed by atoms with Crippen LogP contribution in [0.3, 0.4) is 0 Å². The van der Waals surface area contributed by atoms with Crippen molar-refractivity contribution in [3.05, 3.63) is 60.2 Å². The second-order valence-electron chi connectivity index (χ2n) is 4.95. The molecule has 1 N–H and O–H groups in total. The molecule has 0 radical (unpaired) electrons. The van der Waals surface area contributed by atoms with Crippen molar-refractivity contribution in [2.45, 2.75) is 6.18 Å². The van der Waals surface area contributed by atoms with Crippen LogP contribution < -0.4 is 0 Å². The maximum Gasteiger partial charge on any atom is 0.490 e. The molecule has 1 amide bonds. The van der Waals surface area contributed by atoms with E-state index in [9.17, 15) is 18.0 Å². The second kappa shape index (κ2) is 8.14. The molecule has 0 saturated carbocycles. The van der Waals surface area contributed by atoms with E-state index < -0.39 is 12.1 Å². The van der Waals surface area contributed by atoms with Gasteiger partial charge in [0.25, 0.3) is 5.91 Å². The fourth-order valence-electron chi connectivity index (χ4n) is 1.72. The van der Waals surface area contributed by atoms with Crippen LogP contribution in [-0.4, -0.2) is 42.2 Å². The van der Waals surface area contributed by atoms with Crippen molar-refractivity contribution in [2.24, 2.45) is 0 Å². The van der Waals surface area contributed by atoms with E-state index >= 15 is 0 Å². The highest BCUT2D eigenvalue weighted by Crippen LogP contribution is 2.20. The molecule has 0 fully saturated rings. The Hall–Kier alpha value is -2.83. The Morgan fingerprint density at radius 2 is 1.42 bits per heavy atom. The zero-order valence-corrected chi connectivity index (χ0v) is 13.0. The third kappa shape index (κ3) is 5.75. The Morgan fingerprint density at radius 1 is 0.917 bits per heavy atom. The summed E-state index contributed by atoms with van der Waals surface area (Å²) in [6.07, 6.45) is -5.08. The Balaban J connectivity index is 0.000000351. The number of hydrogen-bond acceptors (Lipinski definition) is 2. The predicted molar refractivity (Wildman–Crippen MR) is 83.6 cm³/mol. The van der Waals surface area contributed by atoms with Gasteiger partial charge in [-0.2, -0.15) is 13.2 Å². The highest BCUT2D eigenvalue weighted by Gasteiger charge is 2.38. The predicted octanol–water partition coefficient (Wildman–Crippen LogP) is 3.69. The van der Waals surface area contributed by atoms with Crippen molar-refractivity contribution < 1.29 is 27.9 Å². The number of aliphatic carboxylic acids is 1. The van der Waals surface area contributed by atoms with Gasteiger partial charge in [-0.25, -0.2) is 4.79 Å². The number of amides is 1. The van der Waals surface area contributed by atoms with E-state index in [1.807, 2.05) is 54.6 Å². The number of hydrogen-bond donors (Lipinski definition) is 1. The van der Waals surface area contributed by atoms with Crippen molar-refractivity contribution in [3.8, 4) is 11.1 Å². The number of carboxylic acids is 1. The molecule has 0 aliphatic heterocycles. The van der Waals surface area contributed by atoms with Crippen molar-refractivity contribution in [1.82, 2.24) is 4.90 Å². The lowest BCUT2D eigenvalue weighted by atomic mass is 10.0. The van der Waals surface area contributed by atoms with Gasteiger partial charge in [-0.1, -0.05) is 42.5 Å². The molecule has 0 bridgehead atoms. The van der Waals surface area contributed by atoms with E-state index in [-0.39, 0.29) is 5.91 Å². The monoisotopic (exact) mass is 339 g/mol. The first-order chi connectivity index (χ1) is 11.1. The lowest BCUT2D eigenvalue weighted by molar-refractivity contribution is -0.192. The van der Waals surface area contributed by atoms with Crippen LogP contribution in [0.4, 0.5) is 13.2 Å². The minimum atomic E-state index is -5.08. The highest BCUT2D eigenvalue weighted by atomic mass is 19.4. The maximum atomic E-state index is 11.9. The van der Waals surface area contributed by atoms with E-state index in [0.717, 1.165) is 16.7 Å². The van der Waals surface area contributed by atoms with E-state index in [1.165, 1.54) is 0 Å². The van der Waals surface area contributed by atoms with Crippen LogP contribution in [0, 0.1) is 0 Å². The largest absolute Gasteiger partial charge is 0.490 e. The standard InChI is InChI=1S/C15H15NO.C2HF3O2/c1-16(2)15(17)14-10-6-9-13(11-14)12-7-4-3-5-8-12;3-2(4,5)1(6)7/h3-11H,1-2H3;(H,6,7). The first-order valence-electron chi connectivity index (χ1n) is 6.80. The highest BCUT2D eigenvalue weighted by molar-refractivity contribution is 5.95. The summed E-state index contributed by atoms with van der Waals surface area (Å²) in [5.41, 5.74) is 2.91. The average molecular weight is 339 g/mol. The van der Waals surface area contributed by atoms with Crippen LogP contribution in [0.25, 0.3) is 11.1 Å². The number of nitrogens with zero attached hydrogens (tertiary/aromatic N) is 1. The van der Waals surface area contributed by atoms with Gasteiger partial charge in [0.15, 0.2) is 0 Å². The second-order valence-corrected chi connectivity index (χ2v) is 4.95. The average Bonchev–Trinajstić information content (AvgIpc) is 2.54. The lowest BCUT2D eigenvalue weighted by Crippen LogP contribution is -2.21. The van der Waals surface area contributed by atoms with Crippen molar-refractivity contribution in [3.63, 3.8) is 0 Å². The van der Waals surface area contributed by atoms with E-state index in [2.05, 4.69) is 0 Å². The van der Waals surface area contributed by atoms with Gasteiger partial charge in [0.05, 0.1) is 0 Å². The van der Waals surface area contributed by atoms with Crippen LogP contribution in [0.1, 0.15) is 10.4 Å². The molecular formula is C17H16F3NO3. The van der Waals surface area contributed by atoms with Crippen LogP contribution in [0.2, 0.25) is 0 Å². The first-order valence-corrected chi connectivity index (χ1v) is 6.80. The summed E-state index contributed by atoms with van der Waals surface area (Å²) in [5, 5.41) is 7.12. The van der Waals surface area contributed by atoms with Crippen molar-refractivity contribution >= 4 is 11.9 Å². The van der Waals surface area contributed by atoms with Crippen molar-refractivity contribution in [1.29, 1.82) is 0 Å².